The van der Waals surface area contributed by atoms with Crippen LogP contribution in [0.15, 0.2) is 53.3 Å². The van der Waals surface area contributed by atoms with E-state index in [2.05, 4.69) is 9.97 Å². The molecule has 0 aliphatic rings. The number of Topliss-reactive ketones (excluding diaryl/α,β-unsaturated/α-hetero) is 1. The predicted molar refractivity (Wildman–Crippen MR) is 84.8 cm³/mol. The zero-order chi connectivity index (χ0) is 17.3. The van der Waals surface area contributed by atoms with Gasteiger partial charge in [0, 0.05) is 12.1 Å². The fourth-order valence-electron chi connectivity index (χ4n) is 2.27. The van der Waals surface area contributed by atoms with E-state index in [0.717, 1.165) is 6.07 Å². The fraction of sp³-hybridized carbons (Fsp3) is 0.0625. The number of nitrogens with zero attached hydrogens (tertiary/aromatic N) is 2. The number of non-ortho nitro benzene ring substituents is 1. The first-order valence-corrected chi connectivity index (χ1v) is 6.93. The molecule has 0 saturated carbocycles. The SMILES string of the molecule is O=C(c1nc2ccc([N+](=O)[O-])cc2[nH]c1=O)C(O)c1ccccc1. The summed E-state index contributed by atoms with van der Waals surface area (Å²) in [5.74, 6) is -0.845. The van der Waals surface area contributed by atoms with Gasteiger partial charge in [0.15, 0.2) is 5.69 Å². The molecule has 3 rings (SSSR count). The van der Waals surface area contributed by atoms with Crippen molar-refractivity contribution in [1.29, 1.82) is 0 Å². The van der Waals surface area contributed by atoms with E-state index >= 15 is 0 Å². The topological polar surface area (TPSA) is 126 Å². The molecule has 0 saturated heterocycles. The monoisotopic (exact) mass is 325 g/mol. The molecule has 0 radical (unpaired) electrons. The normalized spacial score (nSPS) is 12.0. The lowest BCUT2D eigenvalue weighted by atomic mass is 10.0. The summed E-state index contributed by atoms with van der Waals surface area (Å²) in [6, 6.07) is 11.9. The van der Waals surface area contributed by atoms with Gasteiger partial charge in [-0.15, -0.1) is 0 Å². The number of H-pyrrole nitrogens is 1. The highest BCUT2D eigenvalue weighted by Crippen LogP contribution is 2.19. The maximum Gasteiger partial charge on any atom is 0.278 e. The largest absolute Gasteiger partial charge is 0.380 e. The van der Waals surface area contributed by atoms with E-state index in [4.69, 9.17) is 0 Å². The summed E-state index contributed by atoms with van der Waals surface area (Å²) in [6.45, 7) is 0. The first-order chi connectivity index (χ1) is 11.5. The number of hydrogen-bond acceptors (Lipinski definition) is 6. The summed E-state index contributed by atoms with van der Waals surface area (Å²) in [5.41, 5.74) is -0.782. The molecule has 0 amide bonds. The van der Waals surface area contributed by atoms with Crippen molar-refractivity contribution in [3.8, 4) is 0 Å². The van der Waals surface area contributed by atoms with Gasteiger partial charge >= 0.3 is 0 Å². The Morgan fingerprint density at radius 2 is 1.92 bits per heavy atom. The number of benzene rings is 2. The molecule has 0 fully saturated rings. The van der Waals surface area contributed by atoms with Gasteiger partial charge in [0.05, 0.1) is 16.0 Å². The molecule has 0 aliphatic carbocycles. The van der Waals surface area contributed by atoms with Crippen LogP contribution in [0.3, 0.4) is 0 Å². The van der Waals surface area contributed by atoms with Crippen LogP contribution in [-0.2, 0) is 0 Å². The van der Waals surface area contributed by atoms with Gasteiger partial charge in [-0.1, -0.05) is 30.3 Å². The average molecular weight is 325 g/mol. The van der Waals surface area contributed by atoms with Crippen molar-refractivity contribution >= 4 is 22.5 Å². The summed E-state index contributed by atoms with van der Waals surface area (Å²) in [7, 11) is 0. The second-order valence-corrected chi connectivity index (χ2v) is 5.05. The van der Waals surface area contributed by atoms with Crippen molar-refractivity contribution in [2.24, 2.45) is 0 Å². The zero-order valence-electron chi connectivity index (χ0n) is 12.2. The minimum absolute atomic E-state index is 0.139. The van der Waals surface area contributed by atoms with Gasteiger partial charge < -0.3 is 10.1 Å². The standard InChI is InChI=1S/C16H11N3O5/c20-14(9-4-2-1-3-5-9)15(21)13-16(22)18-12-8-10(19(23)24)6-7-11(12)17-13/h1-8,14,20H,(H,18,22). The molecule has 24 heavy (non-hydrogen) atoms. The van der Waals surface area contributed by atoms with Crippen LogP contribution >= 0.6 is 0 Å². The van der Waals surface area contributed by atoms with E-state index in [0.29, 0.717) is 5.56 Å². The first-order valence-electron chi connectivity index (χ1n) is 6.93. The van der Waals surface area contributed by atoms with Crippen molar-refractivity contribution < 1.29 is 14.8 Å². The van der Waals surface area contributed by atoms with Crippen LogP contribution in [0.25, 0.3) is 11.0 Å². The van der Waals surface area contributed by atoms with Gasteiger partial charge in [0.1, 0.15) is 6.10 Å². The van der Waals surface area contributed by atoms with Crippen molar-refractivity contribution in [3.05, 3.63) is 80.3 Å². The highest BCUT2D eigenvalue weighted by atomic mass is 16.6. The fourth-order valence-corrected chi connectivity index (χ4v) is 2.27. The van der Waals surface area contributed by atoms with E-state index in [9.17, 15) is 24.8 Å². The summed E-state index contributed by atoms with van der Waals surface area (Å²) in [5, 5.41) is 20.9. The number of nitro benzene ring substituents is 1. The Morgan fingerprint density at radius 1 is 1.21 bits per heavy atom. The molecule has 0 aliphatic heterocycles. The third-order valence-electron chi connectivity index (χ3n) is 3.48. The summed E-state index contributed by atoms with van der Waals surface area (Å²) >= 11 is 0. The molecule has 2 N–H and O–H groups in total. The number of aliphatic hydroxyl groups excluding tert-OH is 1. The lowest BCUT2D eigenvalue weighted by molar-refractivity contribution is -0.384. The van der Waals surface area contributed by atoms with Gasteiger partial charge in [0.2, 0.25) is 5.78 Å². The molecule has 1 aromatic heterocycles. The van der Waals surface area contributed by atoms with E-state index < -0.39 is 28.1 Å². The number of carbonyl (C=O) groups excluding carboxylic acids is 1. The van der Waals surface area contributed by atoms with Gasteiger partial charge in [-0.25, -0.2) is 4.98 Å². The molecular formula is C16H11N3O5. The maximum absolute atomic E-state index is 12.3. The van der Waals surface area contributed by atoms with Crippen LogP contribution in [0.4, 0.5) is 5.69 Å². The van der Waals surface area contributed by atoms with Crippen LogP contribution in [0, 0.1) is 10.1 Å². The number of carbonyl (C=O) groups is 1. The second kappa shape index (κ2) is 6.01. The molecule has 8 heteroatoms. The number of fused-ring (bicyclic) bond motifs is 1. The molecule has 0 spiro atoms. The quantitative estimate of drug-likeness (QED) is 0.427. The van der Waals surface area contributed by atoms with Crippen LogP contribution in [-0.4, -0.2) is 25.8 Å². The van der Waals surface area contributed by atoms with Gasteiger partial charge in [-0.3, -0.25) is 19.7 Å². The Bertz CT molecular complexity index is 998. The Morgan fingerprint density at radius 3 is 2.58 bits per heavy atom. The smallest absolute Gasteiger partial charge is 0.278 e. The molecule has 1 unspecified atom stereocenters. The average Bonchev–Trinajstić information content (AvgIpc) is 2.60. The summed E-state index contributed by atoms with van der Waals surface area (Å²) in [4.78, 5) is 40.9. The molecular weight excluding hydrogens is 314 g/mol. The summed E-state index contributed by atoms with van der Waals surface area (Å²) in [6.07, 6.45) is -1.52. The molecule has 1 atom stereocenters. The number of hydrogen-bond donors (Lipinski definition) is 2. The number of nitrogens with one attached hydrogen (secondary N) is 1. The van der Waals surface area contributed by atoms with E-state index in [-0.39, 0.29) is 16.7 Å². The zero-order valence-corrected chi connectivity index (χ0v) is 12.2. The Labute approximate surface area is 134 Å². The Kier molecular flexibility index (Phi) is 3.88. The molecule has 0 bridgehead atoms. The van der Waals surface area contributed by atoms with Crippen molar-refractivity contribution in [2.45, 2.75) is 6.10 Å². The van der Waals surface area contributed by atoms with Crippen molar-refractivity contribution in [1.82, 2.24) is 9.97 Å². The number of ketones is 1. The van der Waals surface area contributed by atoms with Gasteiger partial charge in [0.25, 0.3) is 11.2 Å². The third-order valence-corrected chi connectivity index (χ3v) is 3.48. The molecule has 1 heterocycles. The lowest BCUT2D eigenvalue weighted by Crippen LogP contribution is -2.24. The van der Waals surface area contributed by atoms with Crippen LogP contribution < -0.4 is 5.56 Å². The van der Waals surface area contributed by atoms with E-state index in [1.165, 1.54) is 12.1 Å². The van der Waals surface area contributed by atoms with Crippen molar-refractivity contribution in [2.75, 3.05) is 0 Å². The maximum atomic E-state index is 12.3. The molecule has 120 valence electrons. The minimum Gasteiger partial charge on any atom is -0.380 e. The molecule has 3 aromatic rings. The van der Waals surface area contributed by atoms with Crippen molar-refractivity contribution in [3.63, 3.8) is 0 Å². The number of aromatic amines is 1. The van der Waals surface area contributed by atoms with Crippen LogP contribution in [0.5, 0.6) is 0 Å². The highest BCUT2D eigenvalue weighted by molar-refractivity contribution is 5.99. The Hall–Kier alpha value is -3.39. The minimum atomic E-state index is -1.52. The lowest BCUT2D eigenvalue weighted by Gasteiger charge is -2.09. The number of aliphatic hydroxyl groups is 1. The van der Waals surface area contributed by atoms with Crippen LogP contribution in [0.2, 0.25) is 0 Å². The number of rotatable bonds is 4. The summed E-state index contributed by atoms with van der Waals surface area (Å²) < 4.78 is 0. The molecule has 8 nitrogen and oxygen atoms in total. The first kappa shape index (κ1) is 15.5. The number of aromatic nitrogens is 2. The van der Waals surface area contributed by atoms with E-state index in [1.54, 1.807) is 30.3 Å². The Balaban J connectivity index is 2.05. The predicted octanol–water partition coefficient (Wildman–Crippen LogP) is 1.75. The van der Waals surface area contributed by atoms with Crippen LogP contribution in [0.1, 0.15) is 22.2 Å². The van der Waals surface area contributed by atoms with E-state index in [1.807, 2.05) is 0 Å². The number of nitro groups is 1. The van der Waals surface area contributed by atoms with Gasteiger partial charge in [-0.2, -0.15) is 0 Å². The second-order valence-electron chi connectivity index (χ2n) is 5.05. The van der Waals surface area contributed by atoms with Gasteiger partial charge in [-0.05, 0) is 11.6 Å². The molecule has 2 aromatic carbocycles. The third kappa shape index (κ3) is 2.77. The highest BCUT2D eigenvalue weighted by Gasteiger charge is 2.24.